The fourth-order valence-corrected chi connectivity index (χ4v) is 2.15. The minimum absolute atomic E-state index is 0.0259. The maximum absolute atomic E-state index is 10.8. The van der Waals surface area contributed by atoms with E-state index in [9.17, 15) is 4.79 Å². The first kappa shape index (κ1) is 15.0. The Hall–Kier alpha value is -1.07. The van der Waals surface area contributed by atoms with Crippen LogP contribution < -0.4 is 0 Å². The van der Waals surface area contributed by atoms with Gasteiger partial charge >= 0.3 is 5.97 Å². The molecule has 1 rings (SSSR count). The summed E-state index contributed by atoms with van der Waals surface area (Å²) in [5.74, 6) is -0.821. The minimum atomic E-state index is -0.821. The zero-order valence-electron chi connectivity index (χ0n) is 11.1. The lowest BCUT2D eigenvalue weighted by Crippen LogP contribution is -2.31. The number of carboxylic acids is 1. The number of rotatable bonds is 7. The Kier molecular flexibility index (Phi) is 5.62. The zero-order valence-corrected chi connectivity index (χ0v) is 11.9. The van der Waals surface area contributed by atoms with Crippen LogP contribution in [-0.2, 0) is 17.9 Å². The lowest BCUT2D eigenvalue weighted by molar-refractivity contribution is -0.138. The van der Waals surface area contributed by atoms with Crippen molar-refractivity contribution >= 4 is 17.6 Å². The molecular weight excluding hydrogens is 254 g/mol. The maximum Gasteiger partial charge on any atom is 0.317 e. The van der Waals surface area contributed by atoms with Crippen LogP contribution in [-0.4, -0.2) is 38.8 Å². The van der Waals surface area contributed by atoms with Crippen molar-refractivity contribution in [2.45, 2.75) is 40.3 Å². The fourth-order valence-electron chi connectivity index (χ4n) is 1.95. The van der Waals surface area contributed by atoms with Crippen LogP contribution in [0.3, 0.4) is 0 Å². The van der Waals surface area contributed by atoms with Gasteiger partial charge < -0.3 is 5.11 Å². The third kappa shape index (κ3) is 3.71. The molecule has 0 unspecified atom stereocenters. The van der Waals surface area contributed by atoms with E-state index in [2.05, 4.69) is 5.10 Å². The van der Waals surface area contributed by atoms with Crippen molar-refractivity contribution in [2.75, 3.05) is 13.1 Å². The Morgan fingerprint density at radius 2 is 2.17 bits per heavy atom. The summed E-state index contributed by atoms with van der Waals surface area (Å²) in [5.41, 5.74) is 1.69. The van der Waals surface area contributed by atoms with Gasteiger partial charge in [-0.2, -0.15) is 5.10 Å². The second-order valence-electron chi connectivity index (χ2n) is 4.27. The number of nitrogens with zero attached hydrogens (tertiary/aromatic N) is 3. The molecule has 0 amide bonds. The molecular formula is C12H20ClN3O2. The summed E-state index contributed by atoms with van der Waals surface area (Å²) in [6.45, 7) is 7.89. The van der Waals surface area contributed by atoms with Crippen LogP contribution in [0.4, 0.5) is 0 Å². The van der Waals surface area contributed by atoms with Gasteiger partial charge in [-0.25, -0.2) is 0 Å². The van der Waals surface area contributed by atoms with Gasteiger partial charge in [0.1, 0.15) is 0 Å². The SMILES string of the molecule is CCCN(CC(=O)O)Cc1c(Cl)c(C)nn1CC. The Bertz CT molecular complexity index is 418. The third-order valence-electron chi connectivity index (χ3n) is 2.72. The van der Waals surface area contributed by atoms with Crippen molar-refractivity contribution in [3.05, 3.63) is 16.4 Å². The molecule has 0 aliphatic heterocycles. The summed E-state index contributed by atoms with van der Waals surface area (Å²) < 4.78 is 1.84. The fraction of sp³-hybridized carbons (Fsp3) is 0.667. The van der Waals surface area contributed by atoms with Crippen LogP contribution >= 0.6 is 11.6 Å². The second kappa shape index (κ2) is 6.75. The Morgan fingerprint density at radius 3 is 2.67 bits per heavy atom. The van der Waals surface area contributed by atoms with Gasteiger partial charge in [-0.3, -0.25) is 14.4 Å². The predicted octanol–water partition coefficient (Wildman–Crippen LogP) is 2.16. The first-order valence-electron chi connectivity index (χ1n) is 6.15. The van der Waals surface area contributed by atoms with E-state index in [-0.39, 0.29) is 6.54 Å². The van der Waals surface area contributed by atoms with Crippen LogP contribution in [0.5, 0.6) is 0 Å². The normalized spacial score (nSPS) is 11.2. The van der Waals surface area contributed by atoms with Gasteiger partial charge in [-0.15, -0.1) is 0 Å². The van der Waals surface area contributed by atoms with E-state index in [0.29, 0.717) is 11.6 Å². The number of aliphatic carboxylic acids is 1. The van der Waals surface area contributed by atoms with Crippen molar-refractivity contribution in [1.29, 1.82) is 0 Å². The lowest BCUT2D eigenvalue weighted by atomic mass is 10.3. The van der Waals surface area contributed by atoms with Crippen LogP contribution in [0.1, 0.15) is 31.7 Å². The summed E-state index contributed by atoms with van der Waals surface area (Å²) in [5, 5.41) is 13.9. The van der Waals surface area contributed by atoms with E-state index in [0.717, 1.165) is 30.9 Å². The van der Waals surface area contributed by atoms with Gasteiger partial charge in [0.05, 0.1) is 23.0 Å². The Morgan fingerprint density at radius 1 is 1.50 bits per heavy atom. The molecule has 0 aliphatic rings. The molecule has 0 aliphatic carbocycles. The molecule has 18 heavy (non-hydrogen) atoms. The van der Waals surface area contributed by atoms with Gasteiger partial charge in [0.25, 0.3) is 0 Å². The second-order valence-corrected chi connectivity index (χ2v) is 4.64. The molecule has 0 fully saturated rings. The highest BCUT2D eigenvalue weighted by atomic mass is 35.5. The van der Waals surface area contributed by atoms with E-state index in [4.69, 9.17) is 16.7 Å². The maximum atomic E-state index is 10.8. The zero-order chi connectivity index (χ0) is 13.7. The van der Waals surface area contributed by atoms with E-state index in [1.165, 1.54) is 0 Å². The average Bonchev–Trinajstić information content (AvgIpc) is 2.56. The molecule has 1 N–H and O–H groups in total. The summed E-state index contributed by atoms with van der Waals surface area (Å²) in [6, 6.07) is 0. The number of carbonyl (C=O) groups is 1. The molecule has 0 aromatic carbocycles. The van der Waals surface area contributed by atoms with Gasteiger partial charge in [-0.05, 0) is 26.8 Å². The van der Waals surface area contributed by atoms with E-state index in [1.54, 1.807) is 0 Å². The number of aromatic nitrogens is 2. The Balaban J connectivity index is 2.88. The number of hydrogen-bond donors (Lipinski definition) is 1. The van der Waals surface area contributed by atoms with Gasteiger partial charge in [0, 0.05) is 13.1 Å². The number of aryl methyl sites for hydroxylation is 2. The molecule has 0 spiro atoms. The topological polar surface area (TPSA) is 58.4 Å². The molecule has 102 valence electrons. The van der Waals surface area contributed by atoms with Crippen molar-refractivity contribution < 1.29 is 9.90 Å². The highest BCUT2D eigenvalue weighted by Gasteiger charge is 2.17. The standard InChI is InChI=1S/C12H20ClN3O2/c1-4-6-15(8-11(17)18)7-10-12(13)9(3)14-16(10)5-2/h4-8H2,1-3H3,(H,17,18). The van der Waals surface area contributed by atoms with Crippen LogP contribution in [0.25, 0.3) is 0 Å². The molecule has 5 nitrogen and oxygen atoms in total. The average molecular weight is 274 g/mol. The van der Waals surface area contributed by atoms with Crippen molar-refractivity contribution in [3.63, 3.8) is 0 Å². The first-order valence-corrected chi connectivity index (χ1v) is 6.53. The van der Waals surface area contributed by atoms with Gasteiger partial charge in [0.15, 0.2) is 0 Å². The molecule has 1 aromatic rings. The number of carboxylic acid groups (broad SMARTS) is 1. The quantitative estimate of drug-likeness (QED) is 0.827. The molecule has 0 bridgehead atoms. The predicted molar refractivity (Wildman–Crippen MR) is 70.9 cm³/mol. The summed E-state index contributed by atoms with van der Waals surface area (Å²) in [6.07, 6.45) is 0.907. The summed E-state index contributed by atoms with van der Waals surface area (Å²) in [7, 11) is 0. The van der Waals surface area contributed by atoms with E-state index >= 15 is 0 Å². The molecule has 0 atom stereocenters. The molecule has 1 aromatic heterocycles. The summed E-state index contributed by atoms with van der Waals surface area (Å²) >= 11 is 6.22. The molecule has 6 heteroatoms. The molecule has 0 saturated carbocycles. The smallest absolute Gasteiger partial charge is 0.317 e. The first-order chi connectivity index (χ1) is 8.49. The Labute approximate surface area is 112 Å². The summed E-state index contributed by atoms with van der Waals surface area (Å²) in [4.78, 5) is 12.7. The van der Waals surface area contributed by atoms with E-state index < -0.39 is 5.97 Å². The molecule has 0 saturated heterocycles. The van der Waals surface area contributed by atoms with Gasteiger partial charge in [-0.1, -0.05) is 18.5 Å². The number of halogens is 1. The third-order valence-corrected chi connectivity index (χ3v) is 3.22. The molecule has 0 radical (unpaired) electrons. The van der Waals surface area contributed by atoms with Gasteiger partial charge in [0.2, 0.25) is 0 Å². The largest absolute Gasteiger partial charge is 0.480 e. The van der Waals surface area contributed by atoms with Crippen LogP contribution in [0.2, 0.25) is 5.02 Å². The minimum Gasteiger partial charge on any atom is -0.480 e. The lowest BCUT2D eigenvalue weighted by Gasteiger charge is -2.20. The van der Waals surface area contributed by atoms with E-state index in [1.807, 2.05) is 30.4 Å². The van der Waals surface area contributed by atoms with Crippen molar-refractivity contribution in [3.8, 4) is 0 Å². The van der Waals surface area contributed by atoms with Crippen LogP contribution in [0, 0.1) is 6.92 Å². The monoisotopic (exact) mass is 273 g/mol. The van der Waals surface area contributed by atoms with Crippen molar-refractivity contribution in [1.82, 2.24) is 14.7 Å². The van der Waals surface area contributed by atoms with Crippen LogP contribution in [0.15, 0.2) is 0 Å². The molecule has 1 heterocycles. The number of hydrogen-bond acceptors (Lipinski definition) is 3. The highest BCUT2D eigenvalue weighted by Crippen LogP contribution is 2.21. The highest BCUT2D eigenvalue weighted by molar-refractivity contribution is 6.31. The van der Waals surface area contributed by atoms with Crippen molar-refractivity contribution in [2.24, 2.45) is 0 Å².